The lowest BCUT2D eigenvalue weighted by Crippen LogP contribution is -2.33. The highest BCUT2D eigenvalue weighted by atomic mass is 32.1. The quantitative estimate of drug-likeness (QED) is 0.324. The minimum atomic E-state index is -0.175. The van der Waals surface area contributed by atoms with Crippen LogP contribution in [0.5, 0.6) is 0 Å². The van der Waals surface area contributed by atoms with E-state index >= 15 is 0 Å². The molecule has 1 aliphatic heterocycles. The molecule has 0 unspecified atom stereocenters. The molecule has 7 heteroatoms. The Bertz CT molecular complexity index is 1530. The summed E-state index contributed by atoms with van der Waals surface area (Å²) in [7, 11) is 0. The summed E-state index contributed by atoms with van der Waals surface area (Å²) in [5, 5.41) is 9.00. The van der Waals surface area contributed by atoms with E-state index in [1.807, 2.05) is 48.5 Å². The average Bonchev–Trinajstić information content (AvgIpc) is 3.67. The zero-order chi connectivity index (χ0) is 24.6. The molecule has 0 bridgehead atoms. The van der Waals surface area contributed by atoms with E-state index in [-0.39, 0.29) is 11.7 Å². The molecule has 0 spiro atoms. The Hall–Kier alpha value is -4.15. The van der Waals surface area contributed by atoms with Gasteiger partial charge in [0.05, 0.1) is 16.3 Å². The van der Waals surface area contributed by atoms with Crippen molar-refractivity contribution in [2.45, 2.75) is 25.7 Å². The van der Waals surface area contributed by atoms with E-state index < -0.39 is 0 Å². The third-order valence-corrected chi connectivity index (χ3v) is 7.94. The number of rotatable bonds is 5. The van der Waals surface area contributed by atoms with Crippen molar-refractivity contribution in [2.75, 3.05) is 11.4 Å². The topological polar surface area (TPSA) is 87.0 Å². The smallest absolute Gasteiger partial charge is 0.276 e. The van der Waals surface area contributed by atoms with Crippen LogP contribution in [0.25, 0.3) is 21.7 Å². The first-order valence-electron chi connectivity index (χ1n) is 12.0. The van der Waals surface area contributed by atoms with Crippen LogP contribution in [-0.4, -0.2) is 28.2 Å². The minimum absolute atomic E-state index is 0.175. The lowest BCUT2D eigenvalue weighted by molar-refractivity contribution is 0.0972. The Kier molecular flexibility index (Phi) is 5.67. The maximum absolute atomic E-state index is 13.7. The number of hydrogen-bond donors (Lipinski definition) is 0. The van der Waals surface area contributed by atoms with Crippen LogP contribution in [0, 0.1) is 17.2 Å². The molecule has 4 heterocycles. The predicted molar refractivity (Wildman–Crippen MR) is 139 cm³/mol. The number of thiophene rings is 1. The number of anilines is 1. The molecular formula is C29H22N4O2S. The fourth-order valence-corrected chi connectivity index (χ4v) is 5.79. The standard InChI is InChI=1S/C29H22N4O2S/c30-16-21-11-10-20(17-31-21)23-5-3-6-24(32-23)29(35)33-13-12-19-15-27(26(34)14-18-8-9-18)36-28(19)22-4-1-2-7-25(22)33/h1-7,10-11,15,17-18H,8-9,12-14H2. The number of para-hydroxylation sites is 1. The molecule has 0 radical (unpaired) electrons. The third-order valence-electron chi connectivity index (χ3n) is 6.69. The summed E-state index contributed by atoms with van der Waals surface area (Å²) >= 11 is 1.55. The summed E-state index contributed by atoms with van der Waals surface area (Å²) in [6.07, 6.45) is 5.22. The van der Waals surface area contributed by atoms with Crippen LogP contribution >= 0.6 is 11.3 Å². The summed E-state index contributed by atoms with van der Waals surface area (Å²) in [6, 6.07) is 20.7. The van der Waals surface area contributed by atoms with Gasteiger partial charge in [0.25, 0.3) is 5.91 Å². The second-order valence-corrected chi connectivity index (χ2v) is 10.3. The Morgan fingerprint density at radius 2 is 1.94 bits per heavy atom. The minimum Gasteiger partial charge on any atom is -0.306 e. The molecule has 6 rings (SSSR count). The number of carbonyl (C=O) groups is 2. The molecule has 36 heavy (non-hydrogen) atoms. The number of nitriles is 1. The van der Waals surface area contributed by atoms with Gasteiger partial charge in [-0.25, -0.2) is 9.97 Å². The van der Waals surface area contributed by atoms with Crippen LogP contribution in [0.1, 0.15) is 50.7 Å². The highest BCUT2D eigenvalue weighted by molar-refractivity contribution is 7.17. The van der Waals surface area contributed by atoms with E-state index in [1.54, 1.807) is 40.6 Å². The number of benzene rings is 1. The maximum Gasteiger partial charge on any atom is 0.276 e. The lowest BCUT2D eigenvalue weighted by atomic mass is 10.1. The molecule has 4 aromatic rings. The summed E-state index contributed by atoms with van der Waals surface area (Å²) in [6.45, 7) is 0.500. The SMILES string of the molecule is N#Cc1ccc(-c2cccc(C(=O)N3CCc4cc(C(=O)CC5CC5)sc4-c4ccccc43)n2)cn1. The highest BCUT2D eigenvalue weighted by Gasteiger charge is 2.30. The van der Waals surface area contributed by atoms with Gasteiger partial charge in [-0.3, -0.25) is 9.59 Å². The van der Waals surface area contributed by atoms with E-state index in [4.69, 9.17) is 5.26 Å². The van der Waals surface area contributed by atoms with Crippen molar-refractivity contribution in [2.24, 2.45) is 5.92 Å². The van der Waals surface area contributed by atoms with Gasteiger partial charge in [0.2, 0.25) is 0 Å². The van der Waals surface area contributed by atoms with Crippen molar-refractivity contribution >= 4 is 28.7 Å². The molecule has 3 aromatic heterocycles. The second kappa shape index (κ2) is 9.14. The van der Waals surface area contributed by atoms with E-state index in [9.17, 15) is 9.59 Å². The number of Topliss-reactive ketones (excluding diaryl/α,β-unsaturated/α-hetero) is 1. The van der Waals surface area contributed by atoms with Crippen molar-refractivity contribution in [1.82, 2.24) is 9.97 Å². The van der Waals surface area contributed by atoms with Crippen LogP contribution in [0.3, 0.4) is 0 Å². The average molecular weight is 491 g/mol. The molecule has 1 amide bonds. The second-order valence-electron chi connectivity index (χ2n) is 9.21. The molecule has 176 valence electrons. The number of hydrogen-bond acceptors (Lipinski definition) is 6. The van der Waals surface area contributed by atoms with Crippen molar-refractivity contribution in [3.8, 4) is 27.8 Å². The zero-order valence-corrected chi connectivity index (χ0v) is 20.3. The van der Waals surface area contributed by atoms with Crippen molar-refractivity contribution in [1.29, 1.82) is 5.26 Å². The lowest BCUT2D eigenvalue weighted by Gasteiger charge is -2.23. The molecule has 0 atom stereocenters. The van der Waals surface area contributed by atoms with Crippen molar-refractivity contribution < 1.29 is 9.59 Å². The van der Waals surface area contributed by atoms with E-state index in [0.717, 1.165) is 45.0 Å². The number of pyridine rings is 2. The van der Waals surface area contributed by atoms with Crippen LogP contribution in [-0.2, 0) is 6.42 Å². The van der Waals surface area contributed by atoms with E-state index in [2.05, 4.69) is 9.97 Å². The molecule has 0 saturated heterocycles. The van der Waals surface area contributed by atoms with Gasteiger partial charge in [-0.15, -0.1) is 11.3 Å². The fraction of sp³-hybridized carbons (Fsp3) is 0.207. The first-order chi connectivity index (χ1) is 17.6. The fourth-order valence-electron chi connectivity index (χ4n) is 4.59. The largest absolute Gasteiger partial charge is 0.306 e. The number of aromatic nitrogens is 2. The molecule has 1 aromatic carbocycles. The predicted octanol–water partition coefficient (Wildman–Crippen LogP) is 5.93. The summed E-state index contributed by atoms with van der Waals surface area (Å²) in [5.41, 5.74) is 4.96. The van der Waals surface area contributed by atoms with Gasteiger partial charge in [-0.05, 0) is 67.1 Å². The van der Waals surface area contributed by atoms with Crippen LogP contribution < -0.4 is 4.90 Å². The first kappa shape index (κ1) is 22.3. The Labute approximate surface area is 212 Å². The molecule has 6 nitrogen and oxygen atoms in total. The van der Waals surface area contributed by atoms with Gasteiger partial charge in [-0.2, -0.15) is 5.26 Å². The number of ketones is 1. The summed E-state index contributed by atoms with van der Waals surface area (Å²) in [5.74, 6) is 0.619. The third kappa shape index (κ3) is 4.21. The van der Waals surface area contributed by atoms with E-state index in [0.29, 0.717) is 42.4 Å². The van der Waals surface area contributed by atoms with Gasteiger partial charge in [0.15, 0.2) is 5.78 Å². The van der Waals surface area contributed by atoms with E-state index in [1.165, 1.54) is 0 Å². The molecule has 1 aliphatic carbocycles. The normalized spacial score (nSPS) is 14.4. The van der Waals surface area contributed by atoms with Crippen molar-refractivity contribution in [3.05, 3.63) is 88.7 Å². The van der Waals surface area contributed by atoms with Crippen molar-refractivity contribution in [3.63, 3.8) is 0 Å². The summed E-state index contributed by atoms with van der Waals surface area (Å²) in [4.78, 5) is 38.9. The van der Waals surface area contributed by atoms with Crippen LogP contribution in [0.2, 0.25) is 0 Å². The van der Waals surface area contributed by atoms with Crippen LogP contribution in [0.4, 0.5) is 5.69 Å². The Morgan fingerprint density at radius 1 is 1.08 bits per heavy atom. The summed E-state index contributed by atoms with van der Waals surface area (Å²) < 4.78 is 0. The molecular weight excluding hydrogens is 468 g/mol. The van der Waals surface area contributed by atoms with Gasteiger partial charge in [0.1, 0.15) is 17.5 Å². The monoisotopic (exact) mass is 490 g/mol. The number of nitrogens with zero attached hydrogens (tertiary/aromatic N) is 4. The van der Waals surface area contributed by atoms with Gasteiger partial charge < -0.3 is 4.90 Å². The number of carbonyl (C=O) groups excluding carboxylic acids is 2. The molecule has 2 aliphatic rings. The van der Waals surface area contributed by atoms with Gasteiger partial charge in [-0.1, -0.05) is 24.3 Å². The van der Waals surface area contributed by atoms with Gasteiger partial charge >= 0.3 is 0 Å². The Balaban J connectivity index is 1.32. The Morgan fingerprint density at radius 3 is 2.72 bits per heavy atom. The van der Waals surface area contributed by atoms with Gasteiger partial charge in [0, 0.05) is 35.2 Å². The van der Waals surface area contributed by atoms with Crippen LogP contribution in [0.15, 0.2) is 66.9 Å². The number of fused-ring (bicyclic) bond motifs is 3. The molecule has 1 fully saturated rings. The zero-order valence-electron chi connectivity index (χ0n) is 19.5. The first-order valence-corrected chi connectivity index (χ1v) is 12.8. The molecule has 0 N–H and O–H groups in total. The number of amides is 1. The molecule has 1 saturated carbocycles. The maximum atomic E-state index is 13.7. The highest BCUT2D eigenvalue weighted by Crippen LogP contribution is 2.43.